The number of aliphatic hydroxyl groups is 1. The van der Waals surface area contributed by atoms with Gasteiger partial charge in [0.15, 0.2) is 0 Å². The third-order valence-corrected chi connectivity index (χ3v) is 3.84. The van der Waals surface area contributed by atoms with Crippen LogP contribution in [0.15, 0.2) is 66.2 Å². The van der Waals surface area contributed by atoms with Crippen molar-refractivity contribution in [2.75, 3.05) is 7.05 Å². The maximum absolute atomic E-state index is 12.3. The summed E-state index contributed by atoms with van der Waals surface area (Å²) in [5, 5.41) is 10.5. The summed E-state index contributed by atoms with van der Waals surface area (Å²) in [6.07, 6.45) is 0. The van der Waals surface area contributed by atoms with Crippen LogP contribution in [-0.2, 0) is 9.59 Å². The van der Waals surface area contributed by atoms with E-state index in [1.54, 1.807) is 31.3 Å². The maximum atomic E-state index is 12.3. The van der Waals surface area contributed by atoms with E-state index in [1.807, 2.05) is 36.4 Å². The Morgan fingerprint density at radius 2 is 1.50 bits per heavy atom. The first kappa shape index (κ1) is 14.1. The number of carbonyl (C=O) groups is 2. The van der Waals surface area contributed by atoms with E-state index in [2.05, 4.69) is 0 Å². The second-order valence-electron chi connectivity index (χ2n) is 5.19. The normalized spacial score (nSPS) is 20.4. The van der Waals surface area contributed by atoms with Gasteiger partial charge in [0.2, 0.25) is 0 Å². The van der Waals surface area contributed by atoms with Crippen molar-refractivity contribution in [3.8, 4) is 0 Å². The first-order valence-corrected chi connectivity index (χ1v) is 6.96. The Labute approximate surface area is 128 Å². The van der Waals surface area contributed by atoms with Gasteiger partial charge in [0.05, 0.1) is 11.6 Å². The quantitative estimate of drug-likeness (QED) is 0.526. The minimum absolute atomic E-state index is 0.130. The molecule has 1 heterocycles. The van der Waals surface area contributed by atoms with Gasteiger partial charge in [-0.3, -0.25) is 9.59 Å². The minimum atomic E-state index is -0.655. The summed E-state index contributed by atoms with van der Waals surface area (Å²) in [4.78, 5) is 25.7. The standard InChI is InChI=1S/C18H15NO3/c1-19-15(12-8-4-2-5-9-12)14(17(21)18(19)22)16(20)13-10-6-3-7-11-13/h2-11,15,20H,1H3/b16-14+/t15-/m0/s1. The number of hydrogen-bond donors (Lipinski definition) is 1. The van der Waals surface area contributed by atoms with E-state index in [4.69, 9.17) is 0 Å². The SMILES string of the molecule is CN1C(=O)C(=O)/C(=C(/O)c2ccccc2)[C@@H]1c1ccccc1. The van der Waals surface area contributed by atoms with E-state index in [1.165, 1.54) is 4.90 Å². The molecule has 1 N–H and O–H groups in total. The van der Waals surface area contributed by atoms with Gasteiger partial charge in [0.1, 0.15) is 5.76 Å². The summed E-state index contributed by atoms with van der Waals surface area (Å²) in [5.41, 5.74) is 1.45. The molecule has 0 saturated carbocycles. The number of likely N-dealkylation sites (tertiary alicyclic amines) is 1. The molecule has 0 aliphatic carbocycles. The lowest BCUT2D eigenvalue weighted by atomic mass is 9.95. The van der Waals surface area contributed by atoms with Gasteiger partial charge in [0.25, 0.3) is 11.7 Å². The summed E-state index contributed by atoms with van der Waals surface area (Å²) in [6, 6.07) is 17.4. The van der Waals surface area contributed by atoms with Crippen LogP contribution < -0.4 is 0 Å². The van der Waals surface area contributed by atoms with Crippen molar-refractivity contribution in [1.29, 1.82) is 0 Å². The minimum Gasteiger partial charge on any atom is -0.507 e. The van der Waals surface area contributed by atoms with E-state index in [9.17, 15) is 14.7 Å². The molecular formula is C18H15NO3. The monoisotopic (exact) mass is 293 g/mol. The number of aliphatic hydroxyl groups excluding tert-OH is 1. The zero-order valence-electron chi connectivity index (χ0n) is 12.1. The van der Waals surface area contributed by atoms with Crippen molar-refractivity contribution >= 4 is 17.4 Å². The molecule has 4 heteroatoms. The average molecular weight is 293 g/mol. The zero-order chi connectivity index (χ0) is 15.7. The number of likely N-dealkylation sites (N-methyl/N-ethyl adjacent to an activating group) is 1. The van der Waals surface area contributed by atoms with E-state index in [0.717, 1.165) is 5.56 Å². The van der Waals surface area contributed by atoms with E-state index < -0.39 is 17.7 Å². The third-order valence-electron chi connectivity index (χ3n) is 3.84. The van der Waals surface area contributed by atoms with Crippen molar-refractivity contribution in [2.24, 2.45) is 0 Å². The van der Waals surface area contributed by atoms with Crippen LogP contribution in [0.1, 0.15) is 17.2 Å². The largest absolute Gasteiger partial charge is 0.507 e. The highest BCUT2D eigenvalue weighted by Gasteiger charge is 2.43. The topological polar surface area (TPSA) is 57.6 Å². The van der Waals surface area contributed by atoms with Gasteiger partial charge >= 0.3 is 0 Å². The third kappa shape index (κ3) is 2.19. The second-order valence-corrected chi connectivity index (χ2v) is 5.19. The summed E-state index contributed by atoms with van der Waals surface area (Å²) in [6.45, 7) is 0. The number of amides is 1. The fourth-order valence-electron chi connectivity index (χ4n) is 2.72. The molecule has 3 rings (SSSR count). The van der Waals surface area contributed by atoms with Gasteiger partial charge in [-0.05, 0) is 5.56 Å². The summed E-state index contributed by atoms with van der Waals surface area (Å²) in [7, 11) is 1.57. The molecule has 1 atom stereocenters. The molecule has 0 aromatic heterocycles. The first-order valence-electron chi connectivity index (χ1n) is 6.96. The molecule has 0 unspecified atom stereocenters. The number of hydrogen-bond acceptors (Lipinski definition) is 3. The van der Waals surface area contributed by atoms with Crippen molar-refractivity contribution in [2.45, 2.75) is 6.04 Å². The molecule has 0 bridgehead atoms. The van der Waals surface area contributed by atoms with Crippen molar-refractivity contribution in [3.63, 3.8) is 0 Å². The van der Waals surface area contributed by atoms with Crippen LogP contribution >= 0.6 is 0 Å². The molecule has 1 aliphatic heterocycles. The molecule has 0 radical (unpaired) electrons. The van der Waals surface area contributed by atoms with Crippen LogP contribution in [0.4, 0.5) is 0 Å². The highest BCUT2D eigenvalue weighted by molar-refractivity contribution is 6.46. The van der Waals surface area contributed by atoms with Crippen LogP contribution in [0, 0.1) is 0 Å². The smallest absolute Gasteiger partial charge is 0.295 e. The maximum Gasteiger partial charge on any atom is 0.295 e. The van der Waals surface area contributed by atoms with E-state index in [-0.39, 0.29) is 11.3 Å². The van der Waals surface area contributed by atoms with Crippen LogP contribution in [0.3, 0.4) is 0 Å². The molecule has 1 amide bonds. The average Bonchev–Trinajstić information content (AvgIpc) is 2.80. The molecule has 22 heavy (non-hydrogen) atoms. The Bertz CT molecular complexity index is 750. The Balaban J connectivity index is 2.18. The molecular weight excluding hydrogens is 278 g/mol. The van der Waals surface area contributed by atoms with Crippen LogP contribution in [0.5, 0.6) is 0 Å². The highest BCUT2D eigenvalue weighted by atomic mass is 16.3. The van der Waals surface area contributed by atoms with Crippen molar-refractivity contribution < 1.29 is 14.7 Å². The number of benzene rings is 2. The first-order chi connectivity index (χ1) is 10.6. The molecule has 2 aromatic carbocycles. The van der Waals surface area contributed by atoms with Gasteiger partial charge in [-0.1, -0.05) is 60.7 Å². The Kier molecular flexibility index (Phi) is 3.51. The van der Waals surface area contributed by atoms with Crippen LogP contribution in [0.25, 0.3) is 5.76 Å². The second kappa shape index (κ2) is 5.48. The van der Waals surface area contributed by atoms with E-state index >= 15 is 0 Å². The number of carbonyl (C=O) groups excluding carboxylic acids is 2. The highest BCUT2D eigenvalue weighted by Crippen LogP contribution is 2.37. The van der Waals surface area contributed by atoms with Crippen molar-refractivity contribution in [3.05, 3.63) is 77.4 Å². The summed E-state index contributed by atoms with van der Waals surface area (Å²) < 4.78 is 0. The number of ketones is 1. The number of Topliss-reactive ketones (excluding diaryl/α,β-unsaturated/α-hetero) is 1. The lowest BCUT2D eigenvalue weighted by molar-refractivity contribution is -0.139. The molecule has 0 spiro atoms. The number of rotatable bonds is 2. The van der Waals surface area contributed by atoms with Crippen LogP contribution in [-0.4, -0.2) is 28.7 Å². The molecule has 1 fully saturated rings. The van der Waals surface area contributed by atoms with Gasteiger partial charge in [-0.25, -0.2) is 0 Å². The molecule has 2 aromatic rings. The molecule has 1 saturated heterocycles. The van der Waals surface area contributed by atoms with Crippen molar-refractivity contribution in [1.82, 2.24) is 4.90 Å². The van der Waals surface area contributed by atoms with E-state index in [0.29, 0.717) is 5.56 Å². The van der Waals surface area contributed by atoms with Gasteiger partial charge < -0.3 is 10.0 Å². The fraction of sp³-hybridized carbons (Fsp3) is 0.111. The van der Waals surface area contributed by atoms with Gasteiger partial charge in [-0.15, -0.1) is 0 Å². The summed E-state index contributed by atoms with van der Waals surface area (Å²) >= 11 is 0. The predicted molar refractivity (Wildman–Crippen MR) is 83.0 cm³/mol. The molecule has 4 nitrogen and oxygen atoms in total. The molecule has 1 aliphatic rings. The Hall–Kier alpha value is -2.88. The Morgan fingerprint density at radius 3 is 2.09 bits per heavy atom. The Morgan fingerprint density at radius 1 is 0.955 bits per heavy atom. The lowest BCUT2D eigenvalue weighted by Crippen LogP contribution is -2.24. The molecule has 110 valence electrons. The van der Waals surface area contributed by atoms with Gasteiger partial charge in [-0.2, -0.15) is 0 Å². The zero-order valence-corrected chi connectivity index (χ0v) is 12.1. The van der Waals surface area contributed by atoms with Crippen LogP contribution in [0.2, 0.25) is 0 Å². The predicted octanol–water partition coefficient (Wildman–Crippen LogP) is 2.74. The van der Waals surface area contributed by atoms with Gasteiger partial charge in [0, 0.05) is 12.6 Å². The lowest BCUT2D eigenvalue weighted by Gasteiger charge is -2.20. The summed E-state index contributed by atoms with van der Waals surface area (Å²) in [5.74, 6) is -1.40. The number of nitrogens with zero attached hydrogens (tertiary/aromatic N) is 1. The fourth-order valence-corrected chi connectivity index (χ4v) is 2.72.